The van der Waals surface area contributed by atoms with Crippen LogP contribution in [0.1, 0.15) is 59.8 Å². The summed E-state index contributed by atoms with van der Waals surface area (Å²) in [6, 6.07) is 0. The Labute approximate surface area is 110 Å². The van der Waals surface area contributed by atoms with Gasteiger partial charge in [0.25, 0.3) is 0 Å². The number of hydrogen-bond donors (Lipinski definition) is 0. The molecule has 0 amide bonds. The third kappa shape index (κ3) is 10.1. The van der Waals surface area contributed by atoms with Gasteiger partial charge in [-0.2, -0.15) is 0 Å². The molecule has 0 rings (SSSR count). The molecule has 106 valence electrons. The van der Waals surface area contributed by atoms with Crippen LogP contribution in [0.4, 0.5) is 0 Å². The van der Waals surface area contributed by atoms with Crippen molar-refractivity contribution in [3.8, 4) is 0 Å². The standard InChI is InChI=1S/C14H26O4/c1-5-9-17-13(15)7-6-8-14(16)18-12(4)10-11(2)3/h11-12H,5-10H2,1-4H3. The Balaban J connectivity index is 3.61. The minimum absolute atomic E-state index is 0.0513. The van der Waals surface area contributed by atoms with E-state index in [4.69, 9.17) is 9.47 Å². The van der Waals surface area contributed by atoms with Crippen LogP contribution in [0.5, 0.6) is 0 Å². The Morgan fingerprint density at radius 1 is 1.06 bits per heavy atom. The van der Waals surface area contributed by atoms with Gasteiger partial charge in [-0.1, -0.05) is 20.8 Å². The molecule has 1 unspecified atom stereocenters. The summed E-state index contributed by atoms with van der Waals surface area (Å²) in [4.78, 5) is 22.6. The first-order valence-electron chi connectivity index (χ1n) is 6.80. The van der Waals surface area contributed by atoms with Crippen LogP contribution in [0.15, 0.2) is 0 Å². The van der Waals surface area contributed by atoms with E-state index in [0.717, 1.165) is 12.8 Å². The maximum Gasteiger partial charge on any atom is 0.306 e. The van der Waals surface area contributed by atoms with Crippen molar-refractivity contribution in [2.24, 2.45) is 5.92 Å². The molecule has 4 heteroatoms. The lowest BCUT2D eigenvalue weighted by Crippen LogP contribution is -2.17. The molecule has 0 aliphatic carbocycles. The molecule has 0 aromatic heterocycles. The van der Waals surface area contributed by atoms with Crippen molar-refractivity contribution in [3.63, 3.8) is 0 Å². The van der Waals surface area contributed by atoms with Crippen LogP contribution in [0, 0.1) is 5.92 Å². The fourth-order valence-electron chi connectivity index (χ4n) is 1.66. The summed E-state index contributed by atoms with van der Waals surface area (Å²) in [5.41, 5.74) is 0. The summed E-state index contributed by atoms with van der Waals surface area (Å²) in [6.07, 6.45) is 2.70. The Bertz CT molecular complexity index is 248. The Morgan fingerprint density at radius 3 is 2.22 bits per heavy atom. The maximum absolute atomic E-state index is 11.5. The van der Waals surface area contributed by atoms with E-state index in [2.05, 4.69) is 13.8 Å². The van der Waals surface area contributed by atoms with Gasteiger partial charge in [0, 0.05) is 12.8 Å². The fourth-order valence-corrected chi connectivity index (χ4v) is 1.66. The number of ether oxygens (including phenoxy) is 2. The van der Waals surface area contributed by atoms with Gasteiger partial charge < -0.3 is 9.47 Å². The highest BCUT2D eigenvalue weighted by Gasteiger charge is 2.12. The normalized spacial score (nSPS) is 12.3. The average molecular weight is 258 g/mol. The maximum atomic E-state index is 11.5. The first-order chi connectivity index (χ1) is 8.45. The number of esters is 2. The minimum Gasteiger partial charge on any atom is -0.466 e. The number of carbonyl (C=O) groups excluding carboxylic acids is 2. The Morgan fingerprint density at radius 2 is 1.67 bits per heavy atom. The van der Waals surface area contributed by atoms with Crippen LogP contribution in [-0.2, 0) is 19.1 Å². The van der Waals surface area contributed by atoms with Crippen LogP contribution in [0.25, 0.3) is 0 Å². The minimum atomic E-state index is -0.236. The van der Waals surface area contributed by atoms with E-state index in [1.54, 1.807) is 0 Å². The molecule has 0 aliphatic heterocycles. The van der Waals surface area contributed by atoms with Gasteiger partial charge in [0.1, 0.15) is 0 Å². The molecule has 0 saturated heterocycles. The van der Waals surface area contributed by atoms with E-state index in [9.17, 15) is 9.59 Å². The van der Waals surface area contributed by atoms with Crippen LogP contribution < -0.4 is 0 Å². The average Bonchev–Trinajstić information content (AvgIpc) is 2.24. The second-order valence-electron chi connectivity index (χ2n) is 5.00. The van der Waals surface area contributed by atoms with Gasteiger partial charge in [-0.25, -0.2) is 0 Å². The highest BCUT2D eigenvalue weighted by Crippen LogP contribution is 2.09. The lowest BCUT2D eigenvalue weighted by Gasteiger charge is -2.15. The molecule has 0 bridgehead atoms. The molecule has 0 aromatic rings. The predicted molar refractivity (Wildman–Crippen MR) is 70.1 cm³/mol. The third-order valence-electron chi connectivity index (χ3n) is 2.36. The van der Waals surface area contributed by atoms with E-state index < -0.39 is 0 Å². The van der Waals surface area contributed by atoms with Gasteiger partial charge in [-0.3, -0.25) is 9.59 Å². The SMILES string of the molecule is CCCOC(=O)CCCC(=O)OC(C)CC(C)C. The largest absolute Gasteiger partial charge is 0.466 e. The molecule has 4 nitrogen and oxygen atoms in total. The van der Waals surface area contributed by atoms with E-state index in [-0.39, 0.29) is 30.9 Å². The Kier molecular flexibility index (Phi) is 9.33. The van der Waals surface area contributed by atoms with Gasteiger partial charge in [0.05, 0.1) is 12.7 Å². The number of carbonyl (C=O) groups is 2. The van der Waals surface area contributed by atoms with Crippen LogP contribution in [0.3, 0.4) is 0 Å². The zero-order valence-electron chi connectivity index (χ0n) is 12.0. The molecule has 0 heterocycles. The number of hydrogen-bond acceptors (Lipinski definition) is 4. The summed E-state index contributed by atoms with van der Waals surface area (Å²) in [7, 11) is 0. The molecule has 0 spiro atoms. The topological polar surface area (TPSA) is 52.6 Å². The molecule has 0 fully saturated rings. The lowest BCUT2D eigenvalue weighted by molar-refractivity contribution is -0.149. The van der Waals surface area contributed by atoms with Crippen molar-refractivity contribution >= 4 is 11.9 Å². The van der Waals surface area contributed by atoms with Gasteiger partial charge in [-0.15, -0.1) is 0 Å². The second kappa shape index (κ2) is 9.92. The molecular formula is C14H26O4. The molecule has 0 aliphatic rings. The van der Waals surface area contributed by atoms with Crippen molar-refractivity contribution in [1.29, 1.82) is 0 Å². The zero-order chi connectivity index (χ0) is 14.0. The van der Waals surface area contributed by atoms with E-state index in [1.165, 1.54) is 0 Å². The first kappa shape index (κ1) is 16.9. The molecule has 0 radical (unpaired) electrons. The van der Waals surface area contributed by atoms with E-state index >= 15 is 0 Å². The molecule has 1 atom stereocenters. The Hall–Kier alpha value is -1.06. The number of rotatable bonds is 9. The second-order valence-corrected chi connectivity index (χ2v) is 5.00. The van der Waals surface area contributed by atoms with Crippen molar-refractivity contribution in [3.05, 3.63) is 0 Å². The molecule has 0 N–H and O–H groups in total. The van der Waals surface area contributed by atoms with E-state index in [0.29, 0.717) is 18.9 Å². The van der Waals surface area contributed by atoms with Gasteiger partial charge >= 0.3 is 11.9 Å². The predicted octanol–water partition coefficient (Wildman–Crippen LogP) is 3.09. The summed E-state index contributed by atoms with van der Waals surface area (Å²) in [6.45, 7) is 8.48. The summed E-state index contributed by atoms with van der Waals surface area (Å²) < 4.78 is 10.1. The van der Waals surface area contributed by atoms with Gasteiger partial charge in [0.2, 0.25) is 0 Å². The third-order valence-corrected chi connectivity index (χ3v) is 2.36. The summed E-state index contributed by atoms with van der Waals surface area (Å²) in [5, 5.41) is 0. The van der Waals surface area contributed by atoms with E-state index in [1.807, 2.05) is 13.8 Å². The zero-order valence-corrected chi connectivity index (χ0v) is 12.0. The monoisotopic (exact) mass is 258 g/mol. The van der Waals surface area contributed by atoms with Crippen molar-refractivity contribution in [1.82, 2.24) is 0 Å². The molecule has 0 saturated carbocycles. The molecule has 18 heavy (non-hydrogen) atoms. The highest BCUT2D eigenvalue weighted by atomic mass is 16.5. The molecular weight excluding hydrogens is 232 g/mol. The quantitative estimate of drug-likeness (QED) is 0.596. The first-order valence-corrected chi connectivity index (χ1v) is 6.80. The summed E-state index contributed by atoms with van der Waals surface area (Å²) >= 11 is 0. The lowest BCUT2D eigenvalue weighted by atomic mass is 10.1. The van der Waals surface area contributed by atoms with Crippen molar-refractivity contribution in [2.45, 2.75) is 65.9 Å². The van der Waals surface area contributed by atoms with Crippen molar-refractivity contribution < 1.29 is 19.1 Å². The van der Waals surface area contributed by atoms with Gasteiger partial charge in [-0.05, 0) is 32.1 Å². The summed E-state index contributed by atoms with van der Waals surface area (Å²) in [5.74, 6) is 0.0446. The highest BCUT2D eigenvalue weighted by molar-refractivity contribution is 5.72. The fraction of sp³-hybridized carbons (Fsp3) is 0.857. The van der Waals surface area contributed by atoms with Gasteiger partial charge in [0.15, 0.2) is 0 Å². The smallest absolute Gasteiger partial charge is 0.306 e. The van der Waals surface area contributed by atoms with Crippen LogP contribution in [0.2, 0.25) is 0 Å². The molecule has 0 aromatic carbocycles. The van der Waals surface area contributed by atoms with Crippen molar-refractivity contribution in [2.75, 3.05) is 6.61 Å². The van der Waals surface area contributed by atoms with Crippen LogP contribution in [-0.4, -0.2) is 24.6 Å². The van der Waals surface area contributed by atoms with Crippen LogP contribution >= 0.6 is 0 Å².